The highest BCUT2D eigenvalue weighted by Crippen LogP contribution is 2.38. The average molecular weight is 1090 g/mol. The fraction of sp³-hybridized carbons (Fsp3) is 0.292. The van der Waals surface area contributed by atoms with E-state index in [1.807, 2.05) is 0 Å². The van der Waals surface area contributed by atoms with Crippen LogP contribution in [0.2, 0.25) is 10.0 Å². The van der Waals surface area contributed by atoms with Crippen molar-refractivity contribution in [3.8, 4) is 57.4 Å². The van der Waals surface area contributed by atoms with Crippen LogP contribution in [-0.4, -0.2) is 129 Å². The second-order valence-electron chi connectivity index (χ2n) is 15.9. The Morgan fingerprint density at radius 2 is 0.905 bits per heavy atom. The molecule has 0 aliphatic rings. The third kappa shape index (κ3) is 11.9. The first-order chi connectivity index (χ1) is 35.6. The van der Waals surface area contributed by atoms with Gasteiger partial charge >= 0.3 is 0 Å². The predicted molar refractivity (Wildman–Crippen MR) is 273 cm³/mol. The van der Waals surface area contributed by atoms with Crippen molar-refractivity contribution in [1.29, 1.82) is 0 Å². The minimum absolute atomic E-state index is 0.134. The van der Waals surface area contributed by atoms with Gasteiger partial charge in [-0.1, -0.05) is 23.2 Å². The number of ether oxygens (including phenoxy) is 6. The first kappa shape index (κ1) is 54.6. The van der Waals surface area contributed by atoms with Crippen LogP contribution in [0.3, 0.4) is 0 Å². The van der Waals surface area contributed by atoms with Crippen molar-refractivity contribution in [3.63, 3.8) is 0 Å². The number of hydrogen-bond acceptors (Lipinski definition) is 20. The summed E-state index contributed by atoms with van der Waals surface area (Å²) in [5.41, 5.74) is 2.82. The number of hydrogen-bond donors (Lipinski definition) is 0. The minimum Gasteiger partial charge on any atom is -0.494 e. The van der Waals surface area contributed by atoms with Gasteiger partial charge in [-0.05, 0) is 62.4 Å². The molecule has 0 saturated heterocycles. The SMILES string of the molecule is COc1ccnc(OC)c1-n1c(CS(=O)(=O)[C@@H](C)[C@H](OC)c2ccc(Cl)cn2)nnc1-c1cccnc1.COc1ccnc(OC)c1-n1c(CS(=O)(=O)[C@@H](C)[C@H](OC)c2ccc(Cl)cn2)nnc1-c1cccnc1. The van der Waals surface area contributed by atoms with Crippen LogP contribution in [0.15, 0.2) is 110 Å². The van der Waals surface area contributed by atoms with Crippen molar-refractivity contribution in [2.45, 2.75) is 48.1 Å². The zero-order valence-corrected chi connectivity index (χ0v) is 44.3. The van der Waals surface area contributed by atoms with Crippen molar-refractivity contribution in [2.24, 2.45) is 0 Å². The van der Waals surface area contributed by atoms with Gasteiger partial charge in [0.15, 0.2) is 54.3 Å². The maximum atomic E-state index is 13.7. The molecule has 0 aliphatic heterocycles. The van der Waals surface area contributed by atoms with E-state index < -0.39 is 53.9 Å². The van der Waals surface area contributed by atoms with Crippen LogP contribution in [0.1, 0.15) is 49.1 Å². The van der Waals surface area contributed by atoms with E-state index in [9.17, 15) is 16.8 Å². The van der Waals surface area contributed by atoms with Crippen LogP contribution in [0, 0.1) is 0 Å². The van der Waals surface area contributed by atoms with Gasteiger partial charge in [0.25, 0.3) is 0 Å². The zero-order valence-electron chi connectivity index (χ0n) is 41.1. The van der Waals surface area contributed by atoms with Crippen molar-refractivity contribution in [3.05, 3.63) is 143 Å². The van der Waals surface area contributed by atoms with Gasteiger partial charge in [-0.25, -0.2) is 26.8 Å². The Hall–Kier alpha value is -7.22. The molecule has 0 radical (unpaired) electrons. The minimum atomic E-state index is -3.86. The summed E-state index contributed by atoms with van der Waals surface area (Å²) >= 11 is 11.9. The number of nitrogens with zero attached hydrogens (tertiary/aromatic N) is 12. The quantitative estimate of drug-likeness (QED) is 0.0746. The van der Waals surface area contributed by atoms with E-state index in [0.29, 0.717) is 67.1 Å². The monoisotopic (exact) mass is 1090 g/mol. The van der Waals surface area contributed by atoms with Crippen molar-refractivity contribution >= 4 is 42.9 Å². The van der Waals surface area contributed by atoms with Gasteiger partial charge in [0, 0.05) is 87.1 Å². The molecule has 4 atom stereocenters. The number of methoxy groups -OCH3 is 6. The Labute approximate surface area is 436 Å². The van der Waals surface area contributed by atoms with Gasteiger partial charge in [0.1, 0.15) is 35.2 Å². The fourth-order valence-electron chi connectivity index (χ4n) is 7.75. The molecule has 8 aromatic heterocycles. The molecule has 0 aromatic carbocycles. The van der Waals surface area contributed by atoms with Crippen LogP contribution >= 0.6 is 23.2 Å². The Bertz CT molecular complexity index is 3110. The van der Waals surface area contributed by atoms with Crippen LogP contribution in [0.25, 0.3) is 34.2 Å². The second-order valence-corrected chi connectivity index (χ2v) is 21.5. The standard InChI is InChI=1S/2C24H25ClN6O5S/c2*1-15(22(35-3)18-8-7-17(25)13-28-18)37(32,33)14-20-29-30-23(16-6-5-10-26-12-16)31(20)21-19(34-2)9-11-27-24(21)36-4/h2*5-13,15,22H,14H2,1-4H3/t2*15-,22-/m00/s1. The molecule has 0 unspecified atom stereocenters. The molecule has 8 rings (SSSR count). The largest absolute Gasteiger partial charge is 0.494 e. The van der Waals surface area contributed by atoms with Gasteiger partial charge in [0.05, 0.1) is 60.4 Å². The molecule has 22 nitrogen and oxygen atoms in total. The van der Waals surface area contributed by atoms with Crippen molar-refractivity contribution in [2.75, 3.05) is 42.7 Å². The van der Waals surface area contributed by atoms with E-state index in [-0.39, 0.29) is 23.4 Å². The summed E-state index contributed by atoms with van der Waals surface area (Å²) in [6.07, 6.45) is 10.7. The van der Waals surface area contributed by atoms with E-state index in [2.05, 4.69) is 50.3 Å². The Morgan fingerprint density at radius 3 is 1.22 bits per heavy atom. The lowest BCUT2D eigenvalue weighted by molar-refractivity contribution is 0.0986. The molecule has 388 valence electrons. The van der Waals surface area contributed by atoms with E-state index >= 15 is 0 Å². The highest BCUT2D eigenvalue weighted by Gasteiger charge is 2.37. The Balaban J connectivity index is 0.000000216. The van der Waals surface area contributed by atoms with Crippen molar-refractivity contribution < 1.29 is 45.3 Å². The van der Waals surface area contributed by atoms with Gasteiger partial charge in [-0.15, -0.1) is 20.4 Å². The van der Waals surface area contributed by atoms with E-state index in [0.717, 1.165) is 0 Å². The van der Waals surface area contributed by atoms with Gasteiger partial charge in [0.2, 0.25) is 11.8 Å². The van der Waals surface area contributed by atoms with E-state index in [4.69, 9.17) is 51.6 Å². The highest BCUT2D eigenvalue weighted by molar-refractivity contribution is 7.91. The number of sulfone groups is 2. The first-order valence-corrected chi connectivity index (χ1v) is 26.4. The van der Waals surface area contributed by atoms with Crippen LogP contribution < -0.4 is 18.9 Å². The number of halogens is 2. The third-order valence-electron chi connectivity index (χ3n) is 11.5. The lowest BCUT2D eigenvalue weighted by Gasteiger charge is -2.23. The summed E-state index contributed by atoms with van der Waals surface area (Å²) in [7, 11) is 1.05. The molecule has 0 amide bonds. The molecule has 8 aromatic rings. The maximum Gasteiger partial charge on any atom is 0.242 e. The lowest BCUT2D eigenvalue weighted by atomic mass is 10.2. The molecule has 0 bridgehead atoms. The summed E-state index contributed by atoms with van der Waals surface area (Å²) in [5.74, 6) is 1.23. The molecule has 0 aliphatic carbocycles. The van der Waals surface area contributed by atoms with E-state index in [1.165, 1.54) is 67.4 Å². The normalized spacial score (nSPS) is 13.2. The third-order valence-corrected chi connectivity index (χ3v) is 16.0. The topological polar surface area (TPSA) is 262 Å². The molecule has 0 spiro atoms. The Morgan fingerprint density at radius 1 is 0.500 bits per heavy atom. The highest BCUT2D eigenvalue weighted by atomic mass is 35.5. The summed E-state index contributed by atoms with van der Waals surface area (Å²) < 4.78 is 91.0. The molecule has 0 fully saturated rings. The van der Waals surface area contributed by atoms with Gasteiger partial charge < -0.3 is 28.4 Å². The molecule has 74 heavy (non-hydrogen) atoms. The van der Waals surface area contributed by atoms with Crippen molar-refractivity contribution in [1.82, 2.24) is 59.4 Å². The second kappa shape index (κ2) is 24.2. The summed E-state index contributed by atoms with van der Waals surface area (Å²) in [5, 5.41) is 16.0. The number of pyridine rings is 6. The maximum absolute atomic E-state index is 13.7. The lowest BCUT2D eigenvalue weighted by Crippen LogP contribution is -2.29. The smallest absolute Gasteiger partial charge is 0.242 e. The average Bonchev–Trinajstić information content (AvgIpc) is 4.03. The summed E-state index contributed by atoms with van der Waals surface area (Å²) in [6, 6.07) is 16.9. The van der Waals surface area contributed by atoms with Crippen LogP contribution in [0.4, 0.5) is 0 Å². The number of aromatic nitrogens is 12. The molecule has 8 heterocycles. The van der Waals surface area contributed by atoms with Crippen LogP contribution in [-0.2, 0) is 40.7 Å². The fourth-order valence-corrected chi connectivity index (χ4v) is 10.8. The van der Waals surface area contributed by atoms with Gasteiger partial charge in [-0.2, -0.15) is 0 Å². The molecule has 0 saturated carbocycles. The molecular weight excluding hydrogens is 1040 g/mol. The molecular formula is C48H50Cl2N12O10S2. The number of rotatable bonds is 20. The summed E-state index contributed by atoms with van der Waals surface area (Å²) in [4.78, 5) is 25.3. The van der Waals surface area contributed by atoms with Crippen LogP contribution in [0.5, 0.6) is 23.3 Å². The van der Waals surface area contributed by atoms with E-state index in [1.54, 1.807) is 108 Å². The Kier molecular flexibility index (Phi) is 17.8. The zero-order chi connectivity index (χ0) is 53.2. The van der Waals surface area contributed by atoms with Gasteiger partial charge in [-0.3, -0.25) is 29.1 Å². The molecule has 26 heteroatoms. The molecule has 0 N–H and O–H groups in total. The summed E-state index contributed by atoms with van der Waals surface area (Å²) in [6.45, 7) is 3.13. The predicted octanol–water partition coefficient (Wildman–Crippen LogP) is 6.96. The first-order valence-electron chi connectivity index (χ1n) is 22.2.